The second kappa shape index (κ2) is 12.0. The Morgan fingerprint density at radius 1 is 1.00 bits per heavy atom. The first-order valence-corrected chi connectivity index (χ1v) is 12.5. The van der Waals surface area contributed by atoms with Crippen LogP contribution < -0.4 is 5.32 Å². The lowest BCUT2D eigenvalue weighted by Gasteiger charge is -2.11. The van der Waals surface area contributed by atoms with Crippen LogP contribution in [0.15, 0.2) is 77.8 Å². The highest BCUT2D eigenvalue weighted by molar-refractivity contribution is 6.33. The highest BCUT2D eigenvalue weighted by Crippen LogP contribution is 2.36. The maximum absolute atomic E-state index is 12.6. The van der Waals surface area contributed by atoms with Crippen LogP contribution in [-0.2, 0) is 20.7 Å². The molecule has 0 aliphatic heterocycles. The summed E-state index contributed by atoms with van der Waals surface area (Å²) in [6, 6.07) is 19.8. The smallest absolute Gasteiger partial charge is 0.417 e. The van der Waals surface area contributed by atoms with Crippen molar-refractivity contribution in [3.05, 3.63) is 100 Å². The second-order valence-corrected chi connectivity index (χ2v) is 9.08. The largest absolute Gasteiger partial charge is 0.466 e. The van der Waals surface area contributed by atoms with Gasteiger partial charge in [0.25, 0.3) is 0 Å². The molecule has 0 saturated carbocycles. The average Bonchev–Trinajstić information content (AvgIpc) is 3.24. The lowest BCUT2D eigenvalue weighted by atomic mass is 10.0. The van der Waals surface area contributed by atoms with Crippen molar-refractivity contribution in [2.45, 2.75) is 20.3 Å². The molecule has 1 amide bonds. The van der Waals surface area contributed by atoms with Crippen LogP contribution in [0.4, 0.5) is 10.5 Å². The predicted octanol–water partition coefficient (Wildman–Crippen LogP) is 7.95. The van der Waals surface area contributed by atoms with E-state index in [2.05, 4.69) is 17.1 Å². The molecule has 1 N–H and O–H groups in total. The van der Waals surface area contributed by atoms with Gasteiger partial charge < -0.3 is 14.0 Å². The Bertz CT molecular complexity index is 1500. The summed E-state index contributed by atoms with van der Waals surface area (Å²) in [5.74, 6) is 0.150. The number of anilines is 1. The number of carbonyl (C=O) groups excluding carboxylic acids is 2. The van der Waals surface area contributed by atoms with Crippen molar-refractivity contribution in [2.75, 3.05) is 11.9 Å². The van der Waals surface area contributed by atoms with Gasteiger partial charge in [-0.3, -0.25) is 10.1 Å². The fourth-order valence-electron chi connectivity index (χ4n) is 3.77. The van der Waals surface area contributed by atoms with Gasteiger partial charge in [-0.2, -0.15) is 0 Å². The molecule has 0 spiro atoms. The molecule has 3 aromatic carbocycles. The molecule has 0 bridgehead atoms. The minimum atomic E-state index is -0.770. The van der Waals surface area contributed by atoms with E-state index in [1.165, 1.54) is 0 Å². The van der Waals surface area contributed by atoms with Gasteiger partial charge in [-0.15, -0.1) is 0 Å². The van der Waals surface area contributed by atoms with Crippen LogP contribution in [0.1, 0.15) is 23.7 Å². The Morgan fingerprint density at radius 3 is 2.39 bits per heavy atom. The first-order chi connectivity index (χ1) is 18.3. The SMILES string of the molecule is C=C(OC(=O)Nc1c(C)noc1-c1ccc(-c2ccc(CC(=O)OCC)cc2)c(Cl)c1)c1ccccc1Cl. The number of aryl methyl sites for hydroxylation is 1. The Hall–Kier alpha value is -4.07. The molecule has 0 atom stereocenters. The number of carbonyl (C=O) groups is 2. The third kappa shape index (κ3) is 6.25. The van der Waals surface area contributed by atoms with Crippen LogP contribution in [-0.4, -0.2) is 23.8 Å². The van der Waals surface area contributed by atoms with Crippen molar-refractivity contribution in [1.29, 1.82) is 0 Å². The fraction of sp³-hybridized carbons (Fsp3) is 0.138. The van der Waals surface area contributed by atoms with Crippen molar-refractivity contribution in [3.8, 4) is 22.5 Å². The van der Waals surface area contributed by atoms with Crippen LogP contribution >= 0.6 is 23.2 Å². The third-order valence-electron chi connectivity index (χ3n) is 5.63. The van der Waals surface area contributed by atoms with Crippen LogP contribution in [0.3, 0.4) is 0 Å². The number of halogens is 2. The van der Waals surface area contributed by atoms with E-state index in [1.54, 1.807) is 44.2 Å². The van der Waals surface area contributed by atoms with Gasteiger partial charge in [0.1, 0.15) is 17.1 Å². The number of aromatic nitrogens is 1. The van der Waals surface area contributed by atoms with E-state index >= 15 is 0 Å². The minimum Gasteiger partial charge on any atom is -0.466 e. The van der Waals surface area contributed by atoms with Gasteiger partial charge in [0.05, 0.1) is 18.1 Å². The lowest BCUT2D eigenvalue weighted by molar-refractivity contribution is -0.142. The van der Waals surface area contributed by atoms with Crippen molar-refractivity contribution >= 4 is 46.7 Å². The van der Waals surface area contributed by atoms with E-state index < -0.39 is 6.09 Å². The molecule has 0 saturated heterocycles. The molecule has 4 aromatic rings. The third-order valence-corrected chi connectivity index (χ3v) is 6.27. The number of benzene rings is 3. The minimum absolute atomic E-state index is 0.101. The summed E-state index contributed by atoms with van der Waals surface area (Å²) >= 11 is 12.8. The molecule has 1 aromatic heterocycles. The maximum Gasteiger partial charge on any atom is 0.417 e. The number of amides is 1. The molecule has 0 unspecified atom stereocenters. The molecule has 0 aliphatic rings. The highest BCUT2D eigenvalue weighted by atomic mass is 35.5. The normalized spacial score (nSPS) is 10.6. The Kier molecular flexibility index (Phi) is 8.51. The number of ether oxygens (including phenoxy) is 2. The zero-order valence-electron chi connectivity index (χ0n) is 20.7. The van der Waals surface area contributed by atoms with E-state index in [0.29, 0.717) is 44.9 Å². The Balaban J connectivity index is 1.50. The lowest BCUT2D eigenvalue weighted by Crippen LogP contribution is -2.13. The Morgan fingerprint density at radius 2 is 1.71 bits per heavy atom. The standard InChI is InChI=1S/C29H24Cl2N2O5/c1-4-36-26(34)15-19-9-11-20(12-10-19)23-14-13-21(16-25(23)31)28-27(17(2)33-38-28)32-29(35)37-18(3)22-7-5-6-8-24(22)30/h5-14,16H,3-4,15H2,1-2H3,(H,32,35). The summed E-state index contributed by atoms with van der Waals surface area (Å²) in [7, 11) is 0. The molecular weight excluding hydrogens is 527 g/mol. The summed E-state index contributed by atoms with van der Waals surface area (Å²) in [5.41, 5.74) is 4.42. The molecule has 38 heavy (non-hydrogen) atoms. The number of nitrogens with zero attached hydrogens (tertiary/aromatic N) is 1. The van der Waals surface area contributed by atoms with Gasteiger partial charge >= 0.3 is 12.1 Å². The van der Waals surface area contributed by atoms with E-state index in [0.717, 1.165) is 16.7 Å². The summed E-state index contributed by atoms with van der Waals surface area (Å²) in [6.45, 7) is 7.60. The first kappa shape index (κ1) is 27.0. The van der Waals surface area contributed by atoms with Gasteiger partial charge in [0.15, 0.2) is 5.76 Å². The molecule has 0 aliphatic carbocycles. The van der Waals surface area contributed by atoms with Gasteiger partial charge in [0.2, 0.25) is 0 Å². The van der Waals surface area contributed by atoms with Crippen molar-refractivity contribution < 1.29 is 23.6 Å². The molecule has 1 heterocycles. The monoisotopic (exact) mass is 550 g/mol. The summed E-state index contributed by atoms with van der Waals surface area (Å²) in [5, 5.41) is 7.54. The van der Waals surface area contributed by atoms with Gasteiger partial charge in [-0.1, -0.05) is 83.5 Å². The van der Waals surface area contributed by atoms with Crippen molar-refractivity contribution in [1.82, 2.24) is 5.16 Å². The number of rotatable bonds is 8. The maximum atomic E-state index is 12.6. The molecule has 7 nitrogen and oxygen atoms in total. The topological polar surface area (TPSA) is 90.7 Å². The van der Waals surface area contributed by atoms with Crippen LogP contribution in [0, 0.1) is 6.92 Å². The highest BCUT2D eigenvalue weighted by Gasteiger charge is 2.20. The van der Waals surface area contributed by atoms with E-state index in [1.807, 2.05) is 36.4 Å². The molecular formula is C29H24Cl2N2O5. The quantitative estimate of drug-likeness (QED) is 0.177. The average molecular weight is 551 g/mol. The fourth-order valence-corrected chi connectivity index (χ4v) is 4.30. The molecule has 0 radical (unpaired) electrons. The van der Waals surface area contributed by atoms with E-state index in [9.17, 15) is 9.59 Å². The van der Waals surface area contributed by atoms with Crippen LogP contribution in [0.2, 0.25) is 10.0 Å². The van der Waals surface area contributed by atoms with Crippen molar-refractivity contribution in [2.24, 2.45) is 0 Å². The Labute approximate surface area is 230 Å². The van der Waals surface area contributed by atoms with Gasteiger partial charge in [-0.25, -0.2) is 4.79 Å². The van der Waals surface area contributed by atoms with E-state index in [4.69, 9.17) is 37.2 Å². The summed E-state index contributed by atoms with van der Waals surface area (Å²) < 4.78 is 15.8. The molecule has 0 fully saturated rings. The van der Waals surface area contributed by atoms with Gasteiger partial charge in [0, 0.05) is 21.7 Å². The summed E-state index contributed by atoms with van der Waals surface area (Å²) in [6.07, 6.45) is -0.566. The first-order valence-electron chi connectivity index (χ1n) is 11.7. The van der Waals surface area contributed by atoms with Gasteiger partial charge in [-0.05, 0) is 43.2 Å². The van der Waals surface area contributed by atoms with Crippen molar-refractivity contribution in [3.63, 3.8) is 0 Å². The number of nitrogens with one attached hydrogen (secondary N) is 1. The summed E-state index contributed by atoms with van der Waals surface area (Å²) in [4.78, 5) is 24.3. The number of esters is 1. The molecule has 4 rings (SSSR count). The molecule has 194 valence electrons. The molecule has 9 heteroatoms. The zero-order valence-corrected chi connectivity index (χ0v) is 22.2. The number of hydrogen-bond donors (Lipinski definition) is 1. The zero-order chi connectivity index (χ0) is 27.2. The number of hydrogen-bond acceptors (Lipinski definition) is 6. The second-order valence-electron chi connectivity index (χ2n) is 8.26. The van der Waals surface area contributed by atoms with E-state index in [-0.39, 0.29) is 18.1 Å². The van der Waals surface area contributed by atoms with Crippen LogP contribution in [0.25, 0.3) is 28.2 Å². The van der Waals surface area contributed by atoms with Crippen LogP contribution in [0.5, 0.6) is 0 Å². The predicted molar refractivity (Wildman–Crippen MR) is 148 cm³/mol.